The fraction of sp³-hybridized carbons (Fsp3) is 0.348. The van der Waals surface area contributed by atoms with Crippen LogP contribution in [0.4, 0.5) is 0 Å². The SMILES string of the molecule is CC=Cc1cc(C=CC)cc(C23CC4(c5cc(C=CC)cc(C=CC)c5)CC(c5cc(C=CC)cc(C=CC)c5)(C2)CC(C25CC6(c7cc(C=CC)cc(C=CC)c7)CC(c7cc(C=CC)cc(C=CC)c7)(CC(c7cc(C=CC)cc(C=CC)c7)(C6)C2)C5)(C3)C4)c1. The molecule has 6 aromatic rings. The van der Waals surface area contributed by atoms with E-state index < -0.39 is 0 Å². The minimum atomic E-state index is -0.172. The predicted octanol–water partition coefficient (Wildman–Crippen LogP) is 25.7. The van der Waals surface area contributed by atoms with Crippen molar-refractivity contribution in [1.82, 2.24) is 0 Å². The lowest BCUT2D eigenvalue weighted by Gasteiger charge is -2.81. The van der Waals surface area contributed by atoms with Gasteiger partial charge in [0.15, 0.2) is 0 Å². The average molecular weight is 1210 g/mol. The molecule has 0 radical (unpaired) electrons. The molecule has 0 spiro atoms. The molecule has 8 fully saturated rings. The minimum absolute atomic E-state index is 0.121. The minimum Gasteiger partial charge on any atom is -0.0871 e. The Labute approximate surface area is 555 Å². The number of hydrogen-bond donors (Lipinski definition) is 0. The van der Waals surface area contributed by atoms with Crippen molar-refractivity contribution in [3.05, 3.63) is 282 Å². The van der Waals surface area contributed by atoms with Gasteiger partial charge in [0.1, 0.15) is 0 Å². The Hall–Kier alpha value is -7.80. The van der Waals surface area contributed by atoms with Crippen LogP contribution in [-0.4, -0.2) is 0 Å². The summed E-state index contributed by atoms with van der Waals surface area (Å²) in [5, 5.41) is 0. The number of allylic oxidation sites excluding steroid dienone is 12. The van der Waals surface area contributed by atoms with E-state index in [1.54, 1.807) is 33.4 Å². The molecule has 0 amide bonds. The summed E-state index contributed by atoms with van der Waals surface area (Å²) in [5.41, 5.74) is 23.7. The van der Waals surface area contributed by atoms with Crippen molar-refractivity contribution in [1.29, 1.82) is 0 Å². The van der Waals surface area contributed by atoms with Gasteiger partial charge in [0.05, 0.1) is 0 Å². The van der Waals surface area contributed by atoms with Crippen LogP contribution in [0.1, 0.15) is 260 Å². The van der Waals surface area contributed by atoms with Gasteiger partial charge in [-0.2, -0.15) is 0 Å². The van der Waals surface area contributed by atoms with Crippen molar-refractivity contribution in [3.63, 3.8) is 0 Å². The first-order chi connectivity index (χ1) is 44.5. The van der Waals surface area contributed by atoms with Crippen LogP contribution in [0.3, 0.4) is 0 Å². The summed E-state index contributed by atoms with van der Waals surface area (Å²) in [6.45, 7) is 26.4. The van der Waals surface area contributed by atoms with E-state index >= 15 is 0 Å². The highest BCUT2D eigenvalue weighted by Gasteiger charge is 2.79. The maximum absolute atomic E-state index is 2.67. The first-order valence-electron chi connectivity index (χ1n) is 35.0. The van der Waals surface area contributed by atoms with Gasteiger partial charge in [-0.25, -0.2) is 0 Å². The summed E-state index contributed by atoms with van der Waals surface area (Å²) in [5.74, 6) is 0. The van der Waals surface area contributed by atoms with Gasteiger partial charge in [-0.05, 0) is 340 Å². The number of rotatable bonds is 19. The van der Waals surface area contributed by atoms with E-state index in [-0.39, 0.29) is 43.3 Å². The molecule has 8 bridgehead atoms. The van der Waals surface area contributed by atoms with E-state index in [0.29, 0.717) is 0 Å². The molecular formula is C92H102. The predicted molar refractivity (Wildman–Crippen MR) is 405 cm³/mol. The van der Waals surface area contributed by atoms with Gasteiger partial charge in [0, 0.05) is 0 Å². The van der Waals surface area contributed by atoms with Gasteiger partial charge >= 0.3 is 0 Å². The van der Waals surface area contributed by atoms with Crippen molar-refractivity contribution in [2.75, 3.05) is 0 Å². The lowest BCUT2D eigenvalue weighted by Crippen LogP contribution is -2.75. The van der Waals surface area contributed by atoms with Crippen LogP contribution in [0, 0.1) is 10.8 Å². The number of benzene rings is 6. The van der Waals surface area contributed by atoms with E-state index in [1.165, 1.54) is 105 Å². The van der Waals surface area contributed by atoms with E-state index in [4.69, 9.17) is 0 Å². The fourth-order valence-electron chi connectivity index (χ4n) is 21.6. The zero-order chi connectivity index (χ0) is 64.6. The summed E-state index contributed by atoms with van der Waals surface area (Å²) < 4.78 is 0. The lowest BCUT2D eigenvalue weighted by atomic mass is 9.23. The Bertz CT molecular complexity index is 3280. The summed E-state index contributed by atoms with van der Waals surface area (Å²) in [7, 11) is 0. The second-order valence-corrected chi connectivity index (χ2v) is 29.7. The Morgan fingerprint density at radius 2 is 0.272 bits per heavy atom. The molecule has 92 heavy (non-hydrogen) atoms. The highest BCUT2D eigenvalue weighted by molar-refractivity contribution is 5.69. The topological polar surface area (TPSA) is 0 Å². The summed E-state index contributed by atoms with van der Waals surface area (Å²) >= 11 is 0. The maximum atomic E-state index is 2.67. The largest absolute Gasteiger partial charge is 0.0871 e. The van der Waals surface area contributed by atoms with Crippen molar-refractivity contribution in [2.24, 2.45) is 10.8 Å². The van der Waals surface area contributed by atoms with Gasteiger partial charge in [-0.1, -0.05) is 219 Å². The van der Waals surface area contributed by atoms with Crippen LogP contribution in [-0.2, 0) is 32.5 Å². The third-order valence-electron chi connectivity index (χ3n) is 23.1. The van der Waals surface area contributed by atoms with E-state index in [2.05, 4.69) is 338 Å². The smallest absolute Gasteiger partial charge is 0.00241 e. The lowest BCUT2D eigenvalue weighted by molar-refractivity contribution is -0.237. The molecule has 470 valence electrons. The highest BCUT2D eigenvalue weighted by Crippen LogP contribution is 2.86. The molecule has 8 aliphatic carbocycles. The summed E-state index contributed by atoms with van der Waals surface area (Å²) in [6, 6.07) is 46.7. The van der Waals surface area contributed by atoms with E-state index in [1.807, 2.05) is 0 Å². The van der Waals surface area contributed by atoms with Gasteiger partial charge in [0.25, 0.3) is 0 Å². The van der Waals surface area contributed by atoms with E-state index in [0.717, 1.165) is 38.5 Å². The van der Waals surface area contributed by atoms with Gasteiger partial charge < -0.3 is 0 Å². The maximum Gasteiger partial charge on any atom is -0.00241 e. The molecule has 0 nitrogen and oxygen atoms in total. The molecule has 8 saturated carbocycles. The van der Waals surface area contributed by atoms with Crippen molar-refractivity contribution in [3.8, 4) is 0 Å². The highest BCUT2D eigenvalue weighted by atomic mass is 14.8. The van der Waals surface area contributed by atoms with Crippen LogP contribution in [0.2, 0.25) is 0 Å². The molecule has 0 atom stereocenters. The van der Waals surface area contributed by atoms with Crippen LogP contribution >= 0.6 is 0 Å². The number of hydrogen-bond acceptors (Lipinski definition) is 0. The zero-order valence-electron chi connectivity index (χ0n) is 57.7. The van der Waals surface area contributed by atoms with Crippen LogP contribution in [0.15, 0.2) is 182 Å². The van der Waals surface area contributed by atoms with Crippen LogP contribution in [0.25, 0.3) is 72.9 Å². The zero-order valence-corrected chi connectivity index (χ0v) is 57.7. The van der Waals surface area contributed by atoms with Gasteiger partial charge in [0.2, 0.25) is 0 Å². The molecule has 0 heteroatoms. The first-order valence-corrected chi connectivity index (χ1v) is 35.0. The Morgan fingerprint density at radius 1 is 0.163 bits per heavy atom. The van der Waals surface area contributed by atoms with Crippen molar-refractivity contribution < 1.29 is 0 Å². The Kier molecular flexibility index (Phi) is 17.9. The monoisotopic (exact) mass is 1210 g/mol. The molecule has 0 aromatic heterocycles. The van der Waals surface area contributed by atoms with Crippen LogP contribution < -0.4 is 0 Å². The molecule has 14 rings (SSSR count). The van der Waals surface area contributed by atoms with Crippen molar-refractivity contribution >= 4 is 72.9 Å². The quantitative estimate of drug-likeness (QED) is 0.0758. The molecule has 6 aromatic carbocycles. The third kappa shape index (κ3) is 11.5. The first kappa shape index (κ1) is 64.3. The normalized spacial score (nSPS) is 29.5. The fourth-order valence-corrected chi connectivity index (χ4v) is 21.6. The standard InChI is InChI=1S/C92H102/c1-13-25-67-37-68(26-14-2)44-79(43-67)85-55-86(80-45-69(27-15-3)38-70(46-80)28-16-4)57-87(56-85,81-47-71(29-17-5)39-72(48-81)30-18-6)63-91(61-85,62-86)92-64-88(82-49-73(31-19-7)40-74(50-82)32-20-8)58-89(65-92,83-51-75(33-21-9)41-76(52-83)34-22-10)60-90(59-88,66-92)84-53-77(35-23-11)42-78(54-84)36-24-12/h13-54H,55-66H2,1-12H3. The van der Waals surface area contributed by atoms with Crippen LogP contribution in [0.5, 0.6) is 0 Å². The molecule has 0 saturated heterocycles. The van der Waals surface area contributed by atoms with Gasteiger partial charge in [-0.3, -0.25) is 0 Å². The van der Waals surface area contributed by atoms with E-state index in [9.17, 15) is 0 Å². The summed E-state index contributed by atoms with van der Waals surface area (Å²) in [4.78, 5) is 0. The van der Waals surface area contributed by atoms with Gasteiger partial charge in [-0.15, -0.1) is 0 Å². The third-order valence-corrected chi connectivity index (χ3v) is 23.1. The molecule has 0 heterocycles. The summed E-state index contributed by atoms with van der Waals surface area (Å²) in [6.07, 6.45) is 69.3. The molecule has 0 aliphatic heterocycles. The average Bonchev–Trinajstić information content (AvgIpc) is 0.640. The molecule has 0 N–H and O–H groups in total. The molecule has 8 aliphatic rings. The Morgan fingerprint density at radius 3 is 0.370 bits per heavy atom. The molecule has 0 unspecified atom stereocenters. The Balaban J connectivity index is 1.28. The molecular weight excluding hydrogens is 1110 g/mol. The second-order valence-electron chi connectivity index (χ2n) is 29.7. The van der Waals surface area contributed by atoms with Crippen molar-refractivity contribution in [2.45, 2.75) is 193 Å². The second kappa shape index (κ2) is 25.6.